The lowest BCUT2D eigenvalue weighted by atomic mass is 10.0. The van der Waals surface area contributed by atoms with Crippen LogP contribution in [0.3, 0.4) is 0 Å². The number of rotatable bonds is 2. The van der Waals surface area contributed by atoms with Gasteiger partial charge in [0.1, 0.15) is 5.82 Å². The Morgan fingerprint density at radius 1 is 1.44 bits per heavy atom. The first kappa shape index (κ1) is 11.7. The van der Waals surface area contributed by atoms with E-state index in [1.54, 1.807) is 0 Å². The molecular weight excluding hydrogens is 242 g/mol. The van der Waals surface area contributed by atoms with Gasteiger partial charge in [0, 0.05) is 18.0 Å². The van der Waals surface area contributed by atoms with E-state index in [4.69, 9.17) is 5.73 Å². The number of thiophene rings is 1. The molecule has 18 heavy (non-hydrogen) atoms. The van der Waals surface area contributed by atoms with Gasteiger partial charge in [0.2, 0.25) is 0 Å². The SMILES string of the molecule is CC1c2ccsc2CCN1c1cccc(CN)n1. The van der Waals surface area contributed by atoms with E-state index in [9.17, 15) is 0 Å². The van der Waals surface area contributed by atoms with Crippen LogP contribution in [0.5, 0.6) is 0 Å². The van der Waals surface area contributed by atoms with E-state index in [-0.39, 0.29) is 0 Å². The van der Waals surface area contributed by atoms with Crippen molar-refractivity contribution in [3.8, 4) is 0 Å². The molecule has 0 aromatic carbocycles. The number of pyridine rings is 1. The van der Waals surface area contributed by atoms with E-state index >= 15 is 0 Å². The van der Waals surface area contributed by atoms with Crippen molar-refractivity contribution in [2.45, 2.75) is 25.9 Å². The smallest absolute Gasteiger partial charge is 0.129 e. The van der Waals surface area contributed by atoms with E-state index in [2.05, 4.69) is 34.3 Å². The lowest BCUT2D eigenvalue weighted by Gasteiger charge is -2.34. The molecule has 0 bridgehead atoms. The number of nitrogens with zero attached hydrogens (tertiary/aromatic N) is 2. The first-order valence-electron chi connectivity index (χ1n) is 6.28. The molecule has 2 aromatic rings. The third-order valence-electron chi connectivity index (χ3n) is 3.57. The van der Waals surface area contributed by atoms with Crippen LogP contribution in [0.1, 0.15) is 29.1 Å². The molecule has 2 aromatic heterocycles. The Balaban J connectivity index is 1.94. The van der Waals surface area contributed by atoms with E-state index in [0.29, 0.717) is 12.6 Å². The molecule has 0 saturated carbocycles. The van der Waals surface area contributed by atoms with Gasteiger partial charge in [0.15, 0.2) is 0 Å². The fourth-order valence-corrected chi connectivity index (χ4v) is 3.53. The van der Waals surface area contributed by atoms with E-state index in [1.807, 2.05) is 23.5 Å². The number of aromatic nitrogens is 1. The average Bonchev–Trinajstić information content (AvgIpc) is 2.88. The molecule has 0 radical (unpaired) electrons. The minimum Gasteiger partial charge on any atom is -0.349 e. The number of fused-ring (bicyclic) bond motifs is 1. The Morgan fingerprint density at radius 3 is 3.17 bits per heavy atom. The highest BCUT2D eigenvalue weighted by Gasteiger charge is 2.25. The molecule has 0 fully saturated rings. The van der Waals surface area contributed by atoms with E-state index in [0.717, 1.165) is 24.5 Å². The van der Waals surface area contributed by atoms with Crippen LogP contribution in [0.25, 0.3) is 0 Å². The highest BCUT2D eigenvalue weighted by molar-refractivity contribution is 7.10. The average molecular weight is 259 g/mol. The van der Waals surface area contributed by atoms with Crippen molar-refractivity contribution in [2.24, 2.45) is 5.73 Å². The third kappa shape index (κ3) is 1.91. The summed E-state index contributed by atoms with van der Waals surface area (Å²) in [6.07, 6.45) is 1.12. The molecule has 1 unspecified atom stereocenters. The minimum absolute atomic E-state index is 0.403. The van der Waals surface area contributed by atoms with Crippen LogP contribution in [0.4, 0.5) is 5.82 Å². The summed E-state index contributed by atoms with van der Waals surface area (Å²) in [5.74, 6) is 1.04. The monoisotopic (exact) mass is 259 g/mol. The number of hydrogen-bond acceptors (Lipinski definition) is 4. The Morgan fingerprint density at radius 2 is 2.33 bits per heavy atom. The van der Waals surface area contributed by atoms with E-state index < -0.39 is 0 Å². The second kappa shape index (κ2) is 4.71. The van der Waals surface area contributed by atoms with Crippen LogP contribution in [0.2, 0.25) is 0 Å². The third-order valence-corrected chi connectivity index (χ3v) is 4.57. The Bertz CT molecular complexity index is 549. The Kier molecular flexibility index (Phi) is 3.06. The summed E-state index contributed by atoms with van der Waals surface area (Å²) >= 11 is 1.87. The van der Waals surface area contributed by atoms with Gasteiger partial charge in [-0.15, -0.1) is 11.3 Å². The molecule has 3 heterocycles. The molecule has 3 nitrogen and oxygen atoms in total. The molecule has 1 aliphatic heterocycles. The van der Waals surface area contributed by atoms with Crippen molar-refractivity contribution in [1.82, 2.24) is 4.98 Å². The van der Waals surface area contributed by atoms with Crippen molar-refractivity contribution < 1.29 is 0 Å². The number of hydrogen-bond donors (Lipinski definition) is 1. The maximum absolute atomic E-state index is 5.66. The van der Waals surface area contributed by atoms with Gasteiger partial charge >= 0.3 is 0 Å². The zero-order valence-electron chi connectivity index (χ0n) is 10.5. The Hall–Kier alpha value is -1.39. The van der Waals surface area contributed by atoms with Crippen LogP contribution in [-0.4, -0.2) is 11.5 Å². The fraction of sp³-hybridized carbons (Fsp3) is 0.357. The van der Waals surface area contributed by atoms with Crippen LogP contribution in [0.15, 0.2) is 29.6 Å². The number of nitrogens with two attached hydrogens (primary N) is 1. The molecule has 94 valence electrons. The normalized spacial score (nSPS) is 18.8. The molecule has 2 N–H and O–H groups in total. The molecule has 1 aliphatic rings. The molecule has 0 aliphatic carbocycles. The van der Waals surface area contributed by atoms with Gasteiger partial charge in [0.25, 0.3) is 0 Å². The predicted octanol–water partition coefficient (Wildman–Crippen LogP) is 2.73. The molecule has 4 heteroatoms. The zero-order valence-corrected chi connectivity index (χ0v) is 11.3. The van der Waals surface area contributed by atoms with Gasteiger partial charge in [-0.3, -0.25) is 0 Å². The van der Waals surface area contributed by atoms with Gasteiger partial charge in [-0.25, -0.2) is 4.98 Å². The molecule has 0 amide bonds. The topological polar surface area (TPSA) is 42.1 Å². The lowest BCUT2D eigenvalue weighted by Crippen LogP contribution is -2.33. The maximum Gasteiger partial charge on any atom is 0.129 e. The second-order valence-corrected chi connectivity index (χ2v) is 5.61. The molecule has 0 saturated heterocycles. The largest absolute Gasteiger partial charge is 0.349 e. The van der Waals surface area contributed by atoms with Crippen molar-refractivity contribution >= 4 is 17.2 Å². The first-order valence-corrected chi connectivity index (χ1v) is 7.16. The minimum atomic E-state index is 0.403. The van der Waals surface area contributed by atoms with Gasteiger partial charge in [-0.2, -0.15) is 0 Å². The van der Waals surface area contributed by atoms with Crippen molar-refractivity contribution in [1.29, 1.82) is 0 Å². The van der Waals surface area contributed by atoms with Gasteiger partial charge < -0.3 is 10.6 Å². The van der Waals surface area contributed by atoms with Gasteiger partial charge in [-0.05, 0) is 42.5 Å². The first-order chi connectivity index (χ1) is 8.79. The van der Waals surface area contributed by atoms with Crippen LogP contribution in [0, 0.1) is 0 Å². The lowest BCUT2D eigenvalue weighted by molar-refractivity contribution is 0.623. The second-order valence-electron chi connectivity index (χ2n) is 4.61. The Labute approximate surface area is 111 Å². The molecular formula is C14H17N3S. The summed E-state index contributed by atoms with van der Waals surface area (Å²) in [6.45, 7) is 3.79. The summed E-state index contributed by atoms with van der Waals surface area (Å²) in [6, 6.07) is 8.74. The van der Waals surface area contributed by atoms with Crippen LogP contribution in [-0.2, 0) is 13.0 Å². The van der Waals surface area contributed by atoms with Gasteiger partial charge in [-0.1, -0.05) is 6.07 Å². The summed E-state index contributed by atoms with van der Waals surface area (Å²) in [4.78, 5) is 8.52. The van der Waals surface area contributed by atoms with Gasteiger partial charge in [0.05, 0.1) is 11.7 Å². The molecule has 3 rings (SSSR count). The molecule has 0 spiro atoms. The summed E-state index contributed by atoms with van der Waals surface area (Å²) in [5.41, 5.74) is 8.07. The maximum atomic E-state index is 5.66. The summed E-state index contributed by atoms with van der Waals surface area (Å²) < 4.78 is 0. The molecule has 1 atom stereocenters. The standard InChI is InChI=1S/C14H17N3S/c1-10-12-6-8-18-13(12)5-7-17(10)14-4-2-3-11(9-15)16-14/h2-4,6,8,10H,5,7,9,15H2,1H3. The fourth-order valence-electron chi connectivity index (χ4n) is 2.56. The van der Waals surface area contributed by atoms with Crippen LogP contribution >= 0.6 is 11.3 Å². The quantitative estimate of drug-likeness (QED) is 0.901. The van der Waals surface area contributed by atoms with Crippen LogP contribution < -0.4 is 10.6 Å². The predicted molar refractivity (Wildman–Crippen MR) is 75.9 cm³/mol. The number of anilines is 1. The summed E-state index contributed by atoms with van der Waals surface area (Å²) in [5, 5.41) is 2.19. The van der Waals surface area contributed by atoms with Crippen molar-refractivity contribution in [3.63, 3.8) is 0 Å². The highest BCUT2D eigenvalue weighted by atomic mass is 32.1. The van der Waals surface area contributed by atoms with Crippen molar-refractivity contribution in [3.05, 3.63) is 45.8 Å². The summed E-state index contributed by atoms with van der Waals surface area (Å²) in [7, 11) is 0. The zero-order chi connectivity index (χ0) is 12.5. The van der Waals surface area contributed by atoms with Crippen molar-refractivity contribution in [2.75, 3.05) is 11.4 Å². The highest BCUT2D eigenvalue weighted by Crippen LogP contribution is 2.35. The van der Waals surface area contributed by atoms with E-state index in [1.165, 1.54) is 10.4 Å².